The van der Waals surface area contributed by atoms with Gasteiger partial charge in [-0.15, -0.1) is 0 Å². The molecular weight excluding hydrogens is 232 g/mol. The van der Waals surface area contributed by atoms with Crippen LogP contribution in [0, 0.1) is 6.92 Å². The number of hydrogen-bond acceptors (Lipinski definition) is 3. The molecule has 0 aliphatic carbocycles. The molecule has 0 saturated carbocycles. The standard InChI is InChI=1S/C13H10N2O3/c1-6-3-2-4-8-9(6)7(5-14-8)10-11(16)13(18)15-12(10)17/h2-5,14H,1H3,(H2,15,16,17,18). The minimum absolute atomic E-state index is 0.0283. The molecule has 0 fully saturated rings. The second-order valence-corrected chi connectivity index (χ2v) is 4.21. The third kappa shape index (κ3) is 1.27. The number of fused-ring (bicyclic) bond motifs is 1. The van der Waals surface area contributed by atoms with E-state index in [4.69, 9.17) is 0 Å². The van der Waals surface area contributed by atoms with Crippen LogP contribution in [0.5, 0.6) is 0 Å². The predicted octanol–water partition coefficient (Wildman–Crippen LogP) is 1.40. The quantitative estimate of drug-likeness (QED) is 0.661. The summed E-state index contributed by atoms with van der Waals surface area (Å²) in [6, 6.07) is 5.68. The van der Waals surface area contributed by atoms with Crippen LogP contribution in [0.1, 0.15) is 11.1 Å². The van der Waals surface area contributed by atoms with Crippen molar-refractivity contribution in [1.82, 2.24) is 10.3 Å². The second-order valence-electron chi connectivity index (χ2n) is 4.21. The van der Waals surface area contributed by atoms with Gasteiger partial charge < -0.3 is 10.1 Å². The lowest BCUT2D eigenvalue weighted by Gasteiger charge is -2.01. The fourth-order valence-corrected chi connectivity index (χ4v) is 2.26. The number of carbonyl (C=O) groups excluding carboxylic acids is 2. The zero-order chi connectivity index (χ0) is 12.9. The van der Waals surface area contributed by atoms with Crippen LogP contribution in [0.2, 0.25) is 0 Å². The molecule has 0 radical (unpaired) electrons. The van der Waals surface area contributed by atoms with Crippen molar-refractivity contribution < 1.29 is 14.7 Å². The number of aryl methyl sites for hydroxylation is 1. The van der Waals surface area contributed by atoms with Gasteiger partial charge in [-0.2, -0.15) is 0 Å². The summed E-state index contributed by atoms with van der Waals surface area (Å²) in [5.41, 5.74) is 2.40. The van der Waals surface area contributed by atoms with Gasteiger partial charge in [0.2, 0.25) is 0 Å². The summed E-state index contributed by atoms with van der Waals surface area (Å²) in [6.07, 6.45) is 1.63. The van der Waals surface area contributed by atoms with E-state index >= 15 is 0 Å². The molecule has 90 valence electrons. The van der Waals surface area contributed by atoms with E-state index in [0.717, 1.165) is 16.5 Å². The number of aliphatic hydroxyl groups excluding tert-OH is 1. The number of aromatic amines is 1. The molecule has 18 heavy (non-hydrogen) atoms. The number of aromatic nitrogens is 1. The molecule has 3 N–H and O–H groups in total. The highest BCUT2D eigenvalue weighted by Crippen LogP contribution is 2.31. The van der Waals surface area contributed by atoms with Crippen LogP contribution >= 0.6 is 0 Å². The Morgan fingerprint density at radius 3 is 2.61 bits per heavy atom. The van der Waals surface area contributed by atoms with Gasteiger partial charge in [0.15, 0.2) is 5.76 Å². The lowest BCUT2D eigenvalue weighted by Crippen LogP contribution is -2.22. The van der Waals surface area contributed by atoms with E-state index in [0.29, 0.717) is 5.56 Å². The number of imide groups is 1. The molecule has 0 unspecified atom stereocenters. The van der Waals surface area contributed by atoms with Gasteiger partial charge in [0, 0.05) is 22.7 Å². The van der Waals surface area contributed by atoms with Crippen LogP contribution in [-0.4, -0.2) is 21.9 Å². The average molecular weight is 242 g/mol. The second kappa shape index (κ2) is 3.46. The van der Waals surface area contributed by atoms with Gasteiger partial charge >= 0.3 is 0 Å². The molecular formula is C13H10N2O3. The Labute approximate surface area is 102 Å². The molecule has 1 aromatic carbocycles. The smallest absolute Gasteiger partial charge is 0.293 e. The number of amides is 2. The van der Waals surface area contributed by atoms with Gasteiger partial charge in [0.25, 0.3) is 11.8 Å². The van der Waals surface area contributed by atoms with Crippen LogP contribution in [-0.2, 0) is 9.59 Å². The summed E-state index contributed by atoms with van der Waals surface area (Å²) in [5, 5.41) is 12.6. The first-order chi connectivity index (χ1) is 8.59. The maximum Gasteiger partial charge on any atom is 0.293 e. The summed E-state index contributed by atoms with van der Waals surface area (Å²) in [7, 11) is 0. The van der Waals surface area contributed by atoms with Gasteiger partial charge in [-0.1, -0.05) is 12.1 Å². The topological polar surface area (TPSA) is 82.2 Å². The molecule has 1 aliphatic heterocycles. The highest BCUT2D eigenvalue weighted by molar-refractivity contribution is 6.36. The minimum Gasteiger partial charge on any atom is -0.502 e. The molecule has 1 aromatic heterocycles. The van der Waals surface area contributed by atoms with E-state index in [1.165, 1.54) is 0 Å². The molecule has 0 spiro atoms. The first-order valence-electron chi connectivity index (χ1n) is 5.45. The number of nitrogens with one attached hydrogen (secondary N) is 2. The molecule has 5 nitrogen and oxygen atoms in total. The largest absolute Gasteiger partial charge is 0.502 e. The summed E-state index contributed by atoms with van der Waals surface area (Å²) in [4.78, 5) is 26.0. The monoisotopic (exact) mass is 242 g/mol. The van der Waals surface area contributed by atoms with E-state index in [1.807, 2.05) is 25.1 Å². The molecule has 0 bridgehead atoms. The molecule has 2 heterocycles. The highest BCUT2D eigenvalue weighted by Gasteiger charge is 2.32. The third-order valence-electron chi connectivity index (χ3n) is 3.09. The van der Waals surface area contributed by atoms with Crippen molar-refractivity contribution in [2.24, 2.45) is 0 Å². The van der Waals surface area contributed by atoms with Crippen molar-refractivity contribution in [2.45, 2.75) is 6.92 Å². The van der Waals surface area contributed by atoms with Gasteiger partial charge in [-0.25, -0.2) is 0 Å². The number of hydrogen-bond donors (Lipinski definition) is 3. The average Bonchev–Trinajstić information content (AvgIpc) is 2.83. The fraction of sp³-hybridized carbons (Fsp3) is 0.0769. The number of aliphatic hydroxyl groups is 1. The highest BCUT2D eigenvalue weighted by atomic mass is 16.3. The summed E-state index contributed by atoms with van der Waals surface area (Å²) < 4.78 is 0. The van der Waals surface area contributed by atoms with Gasteiger partial charge in [-0.3, -0.25) is 14.9 Å². The molecule has 1 aliphatic rings. The minimum atomic E-state index is -0.752. The van der Waals surface area contributed by atoms with Crippen LogP contribution in [0.25, 0.3) is 16.5 Å². The SMILES string of the molecule is Cc1cccc2[nH]cc(C3=C(O)C(=O)NC3=O)c12. The van der Waals surface area contributed by atoms with Crippen molar-refractivity contribution >= 4 is 28.3 Å². The maximum absolute atomic E-state index is 11.7. The molecule has 0 saturated heterocycles. The maximum atomic E-state index is 11.7. The third-order valence-corrected chi connectivity index (χ3v) is 3.09. The van der Waals surface area contributed by atoms with E-state index in [9.17, 15) is 14.7 Å². The van der Waals surface area contributed by atoms with Crippen molar-refractivity contribution in [1.29, 1.82) is 0 Å². The Kier molecular flexibility index (Phi) is 2.04. The Morgan fingerprint density at radius 1 is 1.17 bits per heavy atom. The van der Waals surface area contributed by atoms with Crippen molar-refractivity contribution in [3.8, 4) is 0 Å². The van der Waals surface area contributed by atoms with Gasteiger partial charge in [-0.05, 0) is 18.6 Å². The van der Waals surface area contributed by atoms with Crippen LogP contribution in [0.15, 0.2) is 30.2 Å². The summed E-state index contributed by atoms with van der Waals surface area (Å²) >= 11 is 0. The Balaban J connectivity index is 2.34. The van der Waals surface area contributed by atoms with Crippen molar-refractivity contribution in [2.75, 3.05) is 0 Å². The Bertz CT molecular complexity index is 725. The van der Waals surface area contributed by atoms with Crippen LogP contribution < -0.4 is 5.32 Å². The first-order valence-corrected chi connectivity index (χ1v) is 5.45. The zero-order valence-corrected chi connectivity index (χ0v) is 9.57. The van der Waals surface area contributed by atoms with Gasteiger partial charge in [0.05, 0.1) is 5.57 Å². The number of benzene rings is 1. The first kappa shape index (κ1) is 10.6. The summed E-state index contributed by atoms with van der Waals surface area (Å²) in [5.74, 6) is -1.84. The van der Waals surface area contributed by atoms with E-state index in [-0.39, 0.29) is 5.57 Å². The normalized spacial score (nSPS) is 15.6. The van der Waals surface area contributed by atoms with E-state index < -0.39 is 17.6 Å². The Morgan fingerprint density at radius 2 is 1.94 bits per heavy atom. The lowest BCUT2D eigenvalue weighted by atomic mass is 10.0. The molecule has 2 aromatic rings. The summed E-state index contributed by atoms with van der Waals surface area (Å²) in [6.45, 7) is 1.91. The molecule has 2 amide bonds. The van der Waals surface area contributed by atoms with Gasteiger partial charge in [0.1, 0.15) is 0 Å². The fourth-order valence-electron chi connectivity index (χ4n) is 2.26. The molecule has 3 rings (SSSR count). The number of carbonyl (C=O) groups is 2. The van der Waals surface area contributed by atoms with Crippen LogP contribution in [0.3, 0.4) is 0 Å². The van der Waals surface area contributed by atoms with Crippen molar-refractivity contribution in [3.05, 3.63) is 41.3 Å². The van der Waals surface area contributed by atoms with E-state index in [1.54, 1.807) is 6.20 Å². The lowest BCUT2D eigenvalue weighted by molar-refractivity contribution is -0.124. The number of rotatable bonds is 1. The molecule has 5 heteroatoms. The molecule has 0 atom stereocenters. The van der Waals surface area contributed by atoms with Crippen molar-refractivity contribution in [3.63, 3.8) is 0 Å². The number of H-pyrrole nitrogens is 1. The van der Waals surface area contributed by atoms with E-state index in [2.05, 4.69) is 10.3 Å². The van der Waals surface area contributed by atoms with Crippen LogP contribution in [0.4, 0.5) is 0 Å². The predicted molar refractivity (Wildman–Crippen MR) is 65.7 cm³/mol. The Hall–Kier alpha value is -2.56. The zero-order valence-electron chi connectivity index (χ0n) is 9.57.